The molecule has 2 N–H and O–H groups in total. The predicted octanol–water partition coefficient (Wildman–Crippen LogP) is 6.72. The Labute approximate surface area is 198 Å². The lowest BCUT2D eigenvalue weighted by atomic mass is 10.1. The van der Waals surface area contributed by atoms with Crippen LogP contribution in [0.15, 0.2) is 114 Å². The van der Waals surface area contributed by atoms with Crippen LogP contribution in [0.5, 0.6) is 0 Å². The van der Waals surface area contributed by atoms with E-state index >= 15 is 0 Å². The van der Waals surface area contributed by atoms with E-state index in [0.717, 1.165) is 21.7 Å². The molecule has 164 valence electrons. The first-order chi connectivity index (χ1) is 16.1. The third kappa shape index (κ3) is 5.90. The Kier molecular flexibility index (Phi) is 7.22. The van der Waals surface area contributed by atoms with Crippen LogP contribution in [0.1, 0.15) is 26.7 Å². The minimum Gasteiger partial charge on any atom is -0.325 e. The van der Waals surface area contributed by atoms with Gasteiger partial charge in [-0.05, 0) is 60.5 Å². The number of benzene rings is 4. The van der Waals surface area contributed by atoms with Crippen molar-refractivity contribution >= 4 is 35.0 Å². The maximum Gasteiger partial charge on any atom is 0.255 e. The summed E-state index contributed by atoms with van der Waals surface area (Å²) in [5, 5.41) is 5.53. The van der Waals surface area contributed by atoms with Crippen molar-refractivity contribution in [2.24, 2.45) is 0 Å². The summed E-state index contributed by atoms with van der Waals surface area (Å²) >= 11 is 1.47. The van der Waals surface area contributed by atoms with Crippen molar-refractivity contribution < 1.29 is 9.59 Å². The third-order valence-electron chi connectivity index (χ3n) is 5.14. The number of thioether (sulfide) groups is 1. The second-order valence-electron chi connectivity index (χ2n) is 7.56. The average molecular weight is 453 g/mol. The Morgan fingerprint density at radius 3 is 1.91 bits per heavy atom. The van der Waals surface area contributed by atoms with E-state index in [-0.39, 0.29) is 11.8 Å². The van der Waals surface area contributed by atoms with Crippen LogP contribution >= 0.6 is 11.8 Å². The van der Waals surface area contributed by atoms with Gasteiger partial charge in [-0.1, -0.05) is 66.7 Å². The maximum absolute atomic E-state index is 13.1. The number of hydrogen-bond donors (Lipinski definition) is 2. The summed E-state index contributed by atoms with van der Waals surface area (Å²) in [7, 11) is 0. The lowest BCUT2D eigenvalue weighted by Gasteiger charge is -2.17. The van der Waals surface area contributed by atoms with Crippen molar-refractivity contribution in [1.82, 2.24) is 0 Å². The van der Waals surface area contributed by atoms with Crippen molar-refractivity contribution in [2.75, 3.05) is 10.6 Å². The normalized spacial score (nSPS) is 11.4. The molecule has 0 aromatic heterocycles. The smallest absolute Gasteiger partial charge is 0.255 e. The molecule has 33 heavy (non-hydrogen) atoms. The molecule has 0 spiro atoms. The molecular weight excluding hydrogens is 428 g/mol. The second-order valence-corrected chi connectivity index (χ2v) is 8.74. The molecule has 2 amide bonds. The molecule has 0 heterocycles. The Hall–Kier alpha value is -3.83. The van der Waals surface area contributed by atoms with Gasteiger partial charge in [0.25, 0.3) is 5.91 Å². The van der Waals surface area contributed by atoms with Crippen LogP contribution in [0.3, 0.4) is 0 Å². The molecule has 0 radical (unpaired) electrons. The average Bonchev–Trinajstić information content (AvgIpc) is 2.85. The van der Waals surface area contributed by atoms with E-state index in [0.29, 0.717) is 11.3 Å². The fourth-order valence-electron chi connectivity index (χ4n) is 3.41. The van der Waals surface area contributed by atoms with Crippen LogP contribution in [0, 0.1) is 6.92 Å². The lowest BCUT2D eigenvalue weighted by Crippen LogP contribution is -2.19. The molecule has 4 aromatic carbocycles. The Morgan fingerprint density at radius 2 is 1.24 bits per heavy atom. The molecule has 0 bridgehead atoms. The molecule has 0 saturated carbocycles. The number of rotatable bonds is 7. The highest BCUT2D eigenvalue weighted by molar-refractivity contribution is 8.00. The van der Waals surface area contributed by atoms with Crippen molar-refractivity contribution in [1.29, 1.82) is 0 Å². The minimum absolute atomic E-state index is 0.0886. The van der Waals surface area contributed by atoms with Crippen molar-refractivity contribution in [3.8, 4) is 0 Å². The van der Waals surface area contributed by atoms with E-state index < -0.39 is 5.25 Å². The van der Waals surface area contributed by atoms with E-state index in [1.165, 1.54) is 11.8 Å². The van der Waals surface area contributed by atoms with Crippen LogP contribution in [-0.4, -0.2) is 11.8 Å². The van der Waals surface area contributed by atoms with Gasteiger partial charge in [0.05, 0.1) is 0 Å². The van der Waals surface area contributed by atoms with Crippen molar-refractivity contribution in [2.45, 2.75) is 17.1 Å². The number of amides is 2. The van der Waals surface area contributed by atoms with E-state index in [2.05, 4.69) is 10.6 Å². The first kappa shape index (κ1) is 22.4. The predicted molar refractivity (Wildman–Crippen MR) is 136 cm³/mol. The summed E-state index contributed by atoms with van der Waals surface area (Å²) in [6.07, 6.45) is 0. The number of carbonyl (C=O) groups is 2. The highest BCUT2D eigenvalue weighted by Gasteiger charge is 2.22. The van der Waals surface area contributed by atoms with Gasteiger partial charge in [0.1, 0.15) is 5.25 Å². The van der Waals surface area contributed by atoms with Crippen LogP contribution < -0.4 is 10.6 Å². The summed E-state index contributed by atoms with van der Waals surface area (Å²) in [6, 6.07) is 34.2. The van der Waals surface area contributed by atoms with Gasteiger partial charge in [-0.25, -0.2) is 0 Å². The number of anilines is 2. The van der Waals surface area contributed by atoms with Gasteiger partial charge in [-0.2, -0.15) is 0 Å². The van der Waals surface area contributed by atoms with Gasteiger partial charge in [0, 0.05) is 21.8 Å². The lowest BCUT2D eigenvalue weighted by molar-refractivity contribution is -0.115. The highest BCUT2D eigenvalue weighted by Crippen LogP contribution is 2.36. The summed E-state index contributed by atoms with van der Waals surface area (Å²) in [5.41, 5.74) is 3.97. The summed E-state index contributed by atoms with van der Waals surface area (Å²) in [6.45, 7) is 1.92. The zero-order valence-electron chi connectivity index (χ0n) is 18.2. The van der Waals surface area contributed by atoms with Crippen LogP contribution in [0.25, 0.3) is 0 Å². The summed E-state index contributed by atoms with van der Waals surface area (Å²) in [5.74, 6) is -0.229. The van der Waals surface area contributed by atoms with Crippen molar-refractivity contribution in [3.63, 3.8) is 0 Å². The quantitative estimate of drug-likeness (QED) is 0.306. The molecule has 0 aliphatic rings. The largest absolute Gasteiger partial charge is 0.325 e. The van der Waals surface area contributed by atoms with Gasteiger partial charge in [-0.15, -0.1) is 11.8 Å². The fourth-order valence-corrected chi connectivity index (χ4v) is 4.43. The first-order valence-electron chi connectivity index (χ1n) is 10.6. The molecule has 0 fully saturated rings. The zero-order valence-corrected chi connectivity index (χ0v) is 19.0. The van der Waals surface area contributed by atoms with E-state index in [1.54, 1.807) is 0 Å². The molecule has 4 nitrogen and oxygen atoms in total. The van der Waals surface area contributed by atoms with E-state index in [1.807, 2.05) is 116 Å². The van der Waals surface area contributed by atoms with Crippen LogP contribution in [-0.2, 0) is 4.79 Å². The molecule has 0 aliphatic heterocycles. The van der Waals surface area contributed by atoms with Crippen molar-refractivity contribution in [3.05, 3.63) is 126 Å². The topological polar surface area (TPSA) is 58.2 Å². The SMILES string of the molecule is Cc1ccccc1C(=O)Nc1ccc(SC(C(=O)Nc2ccccc2)c2ccccc2)cc1. The number of nitrogens with one attached hydrogen (secondary N) is 2. The van der Waals surface area contributed by atoms with Crippen LogP contribution in [0.2, 0.25) is 0 Å². The highest BCUT2D eigenvalue weighted by atomic mass is 32.2. The Bertz CT molecular complexity index is 1230. The van der Waals surface area contributed by atoms with E-state index in [4.69, 9.17) is 0 Å². The second kappa shape index (κ2) is 10.7. The number of carbonyl (C=O) groups excluding carboxylic acids is 2. The Morgan fingerprint density at radius 1 is 0.667 bits per heavy atom. The van der Waals surface area contributed by atoms with E-state index in [9.17, 15) is 9.59 Å². The molecule has 1 unspecified atom stereocenters. The molecule has 0 saturated heterocycles. The van der Waals surface area contributed by atoms with Gasteiger partial charge in [0.15, 0.2) is 0 Å². The standard InChI is InChI=1S/C28H24N2O2S/c1-20-10-8-9-15-25(20)27(31)29-23-16-18-24(19-17-23)33-26(21-11-4-2-5-12-21)28(32)30-22-13-6-3-7-14-22/h2-19,26H,1H3,(H,29,31)(H,30,32). The van der Waals surface area contributed by atoms with Gasteiger partial charge < -0.3 is 10.6 Å². The molecule has 0 aliphatic carbocycles. The number of para-hydroxylation sites is 1. The molecular formula is C28H24N2O2S. The molecule has 1 atom stereocenters. The summed E-state index contributed by atoms with van der Waals surface area (Å²) in [4.78, 5) is 26.6. The molecule has 5 heteroatoms. The van der Waals surface area contributed by atoms with Gasteiger partial charge in [-0.3, -0.25) is 9.59 Å². The molecule has 4 aromatic rings. The summed E-state index contributed by atoms with van der Waals surface area (Å²) < 4.78 is 0. The maximum atomic E-state index is 13.1. The van der Waals surface area contributed by atoms with Gasteiger partial charge in [0.2, 0.25) is 5.91 Å². The molecule has 4 rings (SSSR count). The minimum atomic E-state index is -0.418. The Balaban J connectivity index is 1.49. The third-order valence-corrected chi connectivity index (χ3v) is 6.40. The first-order valence-corrected chi connectivity index (χ1v) is 11.5. The fraction of sp³-hybridized carbons (Fsp3) is 0.0714. The zero-order chi connectivity index (χ0) is 23.0. The number of hydrogen-bond acceptors (Lipinski definition) is 3. The van der Waals surface area contributed by atoms with Gasteiger partial charge >= 0.3 is 0 Å². The monoisotopic (exact) mass is 452 g/mol. The van der Waals surface area contributed by atoms with Crippen LogP contribution in [0.4, 0.5) is 11.4 Å². The number of aryl methyl sites for hydroxylation is 1.